The van der Waals surface area contributed by atoms with Gasteiger partial charge in [0.1, 0.15) is 0 Å². The zero-order valence-corrected chi connectivity index (χ0v) is 18.7. The number of sulfonamides is 1. The van der Waals surface area contributed by atoms with Gasteiger partial charge >= 0.3 is 0 Å². The van der Waals surface area contributed by atoms with Gasteiger partial charge in [0.15, 0.2) is 5.13 Å². The SMILES string of the molecule is C[C@@H]1CN(S(=O)(=O)c2ccc(C(=O)Nc3nc4ccc(Cl)cc4s3)cc2)C[C@@H](C)O1. The van der Waals surface area contributed by atoms with Crippen LogP contribution in [0.5, 0.6) is 0 Å². The van der Waals surface area contributed by atoms with Crippen molar-refractivity contribution >= 4 is 54.2 Å². The molecule has 2 heterocycles. The Morgan fingerprint density at radius 3 is 2.50 bits per heavy atom. The molecule has 0 spiro atoms. The van der Waals surface area contributed by atoms with Crippen molar-refractivity contribution in [3.8, 4) is 0 Å². The monoisotopic (exact) mass is 465 g/mol. The number of halogens is 1. The van der Waals surface area contributed by atoms with Gasteiger partial charge in [-0.1, -0.05) is 22.9 Å². The first kappa shape index (κ1) is 21.2. The second kappa shape index (κ2) is 8.24. The number of aromatic nitrogens is 1. The third-order valence-corrected chi connectivity index (χ3v) is 7.73. The number of benzene rings is 2. The molecule has 0 aliphatic carbocycles. The van der Waals surface area contributed by atoms with E-state index in [0.29, 0.717) is 28.8 Å². The molecule has 1 amide bonds. The molecule has 2 aromatic carbocycles. The van der Waals surface area contributed by atoms with Crippen molar-refractivity contribution < 1.29 is 17.9 Å². The number of rotatable bonds is 4. The molecule has 10 heteroatoms. The summed E-state index contributed by atoms with van der Waals surface area (Å²) in [6, 6.07) is 11.2. The molecule has 1 saturated heterocycles. The number of ether oxygens (including phenoxy) is 1. The van der Waals surface area contributed by atoms with Gasteiger partial charge in [0.2, 0.25) is 10.0 Å². The first-order valence-electron chi connectivity index (χ1n) is 9.35. The molecule has 1 N–H and O–H groups in total. The van der Waals surface area contributed by atoms with E-state index in [1.54, 1.807) is 18.2 Å². The van der Waals surface area contributed by atoms with Gasteiger partial charge in [-0.2, -0.15) is 4.31 Å². The van der Waals surface area contributed by atoms with E-state index < -0.39 is 10.0 Å². The lowest BCUT2D eigenvalue weighted by molar-refractivity contribution is -0.0440. The molecule has 1 fully saturated rings. The van der Waals surface area contributed by atoms with Gasteiger partial charge in [-0.25, -0.2) is 13.4 Å². The maximum absolute atomic E-state index is 12.9. The summed E-state index contributed by atoms with van der Waals surface area (Å²) in [7, 11) is -3.65. The fourth-order valence-corrected chi connectivity index (χ4v) is 6.10. The minimum Gasteiger partial charge on any atom is -0.373 e. The standard InChI is InChI=1S/C20H20ClN3O4S2/c1-12-10-24(11-13(2)28-12)30(26,27)16-6-3-14(4-7-16)19(25)23-20-22-17-8-5-15(21)9-18(17)29-20/h3-9,12-13H,10-11H2,1-2H3,(H,22,23,25)/t12-,13-/m1/s1. The van der Waals surface area contributed by atoms with Crippen LogP contribution >= 0.6 is 22.9 Å². The van der Waals surface area contributed by atoms with Crippen molar-refractivity contribution in [2.75, 3.05) is 18.4 Å². The zero-order valence-electron chi connectivity index (χ0n) is 16.3. The Morgan fingerprint density at radius 1 is 1.17 bits per heavy atom. The van der Waals surface area contributed by atoms with Crippen molar-refractivity contribution in [1.29, 1.82) is 0 Å². The second-order valence-electron chi connectivity index (χ2n) is 7.19. The third-order valence-electron chi connectivity index (χ3n) is 4.71. The van der Waals surface area contributed by atoms with Gasteiger partial charge in [-0.05, 0) is 56.3 Å². The Bertz CT molecular complexity index is 1180. The first-order chi connectivity index (χ1) is 14.2. The van der Waals surface area contributed by atoms with E-state index in [9.17, 15) is 13.2 Å². The predicted octanol–water partition coefficient (Wildman–Crippen LogP) is 4.00. The summed E-state index contributed by atoms with van der Waals surface area (Å²) in [5.41, 5.74) is 1.09. The highest BCUT2D eigenvalue weighted by molar-refractivity contribution is 7.89. The minimum atomic E-state index is -3.65. The van der Waals surface area contributed by atoms with Gasteiger partial charge in [-0.15, -0.1) is 0 Å². The molecule has 3 aromatic rings. The molecule has 0 radical (unpaired) electrons. The van der Waals surface area contributed by atoms with Gasteiger partial charge < -0.3 is 4.74 Å². The second-order valence-corrected chi connectivity index (χ2v) is 10.6. The summed E-state index contributed by atoms with van der Waals surface area (Å²) in [5, 5.41) is 3.80. The topological polar surface area (TPSA) is 88.6 Å². The van der Waals surface area contributed by atoms with E-state index in [0.717, 1.165) is 10.2 Å². The molecular formula is C20H20ClN3O4S2. The molecule has 7 nitrogen and oxygen atoms in total. The number of carbonyl (C=O) groups excluding carboxylic acids is 1. The summed E-state index contributed by atoms with van der Waals surface area (Å²) < 4.78 is 33.8. The van der Waals surface area contributed by atoms with E-state index >= 15 is 0 Å². The van der Waals surface area contributed by atoms with E-state index in [1.807, 2.05) is 13.8 Å². The lowest BCUT2D eigenvalue weighted by atomic mass is 10.2. The Labute approximate surface area is 183 Å². The first-order valence-corrected chi connectivity index (χ1v) is 12.0. The van der Waals surface area contributed by atoms with Crippen molar-refractivity contribution in [3.05, 3.63) is 53.1 Å². The molecule has 0 bridgehead atoms. The summed E-state index contributed by atoms with van der Waals surface area (Å²) in [5.74, 6) is -0.363. The lowest BCUT2D eigenvalue weighted by Gasteiger charge is -2.34. The molecule has 158 valence electrons. The maximum Gasteiger partial charge on any atom is 0.257 e. The number of hydrogen-bond donors (Lipinski definition) is 1. The van der Waals surface area contributed by atoms with Crippen LogP contribution in [0.25, 0.3) is 10.2 Å². The zero-order chi connectivity index (χ0) is 21.5. The molecule has 0 unspecified atom stereocenters. The number of thiazole rings is 1. The van der Waals surface area contributed by atoms with Crippen molar-refractivity contribution in [2.24, 2.45) is 0 Å². The number of fused-ring (bicyclic) bond motifs is 1. The van der Waals surface area contributed by atoms with Crippen LogP contribution in [0.3, 0.4) is 0 Å². The Kier molecular flexibility index (Phi) is 5.82. The molecule has 0 saturated carbocycles. The summed E-state index contributed by atoms with van der Waals surface area (Å²) in [4.78, 5) is 17.1. The van der Waals surface area contributed by atoms with Crippen LogP contribution in [0.2, 0.25) is 5.02 Å². The smallest absolute Gasteiger partial charge is 0.257 e. The average molecular weight is 466 g/mol. The van der Waals surface area contributed by atoms with E-state index in [1.165, 1.54) is 39.9 Å². The summed E-state index contributed by atoms with van der Waals surface area (Å²) in [6.45, 7) is 4.30. The highest BCUT2D eigenvalue weighted by Gasteiger charge is 2.32. The quantitative estimate of drug-likeness (QED) is 0.629. The van der Waals surface area contributed by atoms with Gasteiger partial charge in [0.25, 0.3) is 5.91 Å². The van der Waals surface area contributed by atoms with Crippen molar-refractivity contribution in [2.45, 2.75) is 31.0 Å². The number of carbonyl (C=O) groups is 1. The Hall–Kier alpha value is -2.04. The molecule has 1 aliphatic heterocycles. The van der Waals surface area contributed by atoms with Crippen LogP contribution in [0.15, 0.2) is 47.4 Å². The Balaban J connectivity index is 1.50. The van der Waals surface area contributed by atoms with Crippen LogP contribution in [0.4, 0.5) is 5.13 Å². The van der Waals surface area contributed by atoms with Gasteiger partial charge in [0, 0.05) is 23.7 Å². The largest absolute Gasteiger partial charge is 0.373 e. The van der Waals surface area contributed by atoms with E-state index in [-0.39, 0.29) is 23.0 Å². The number of morpholine rings is 1. The Morgan fingerprint density at radius 2 is 1.83 bits per heavy atom. The van der Waals surface area contributed by atoms with Crippen molar-refractivity contribution in [3.63, 3.8) is 0 Å². The van der Waals surface area contributed by atoms with Gasteiger partial charge in [0.05, 0.1) is 27.3 Å². The molecular weight excluding hydrogens is 446 g/mol. The van der Waals surface area contributed by atoms with Crippen molar-refractivity contribution in [1.82, 2.24) is 9.29 Å². The number of nitrogens with zero attached hydrogens (tertiary/aromatic N) is 2. The third kappa shape index (κ3) is 4.35. The highest BCUT2D eigenvalue weighted by atomic mass is 35.5. The molecule has 4 rings (SSSR count). The molecule has 30 heavy (non-hydrogen) atoms. The fourth-order valence-electron chi connectivity index (χ4n) is 3.38. The number of hydrogen-bond acceptors (Lipinski definition) is 6. The van der Waals surface area contributed by atoms with Crippen LogP contribution in [0, 0.1) is 0 Å². The fraction of sp³-hybridized carbons (Fsp3) is 0.300. The predicted molar refractivity (Wildman–Crippen MR) is 118 cm³/mol. The molecule has 1 aliphatic rings. The maximum atomic E-state index is 12.9. The molecule has 1 aromatic heterocycles. The van der Waals surface area contributed by atoms with Gasteiger partial charge in [-0.3, -0.25) is 10.1 Å². The minimum absolute atomic E-state index is 0.148. The van der Waals surface area contributed by atoms with E-state index in [2.05, 4.69) is 10.3 Å². The number of amides is 1. The summed E-state index contributed by atoms with van der Waals surface area (Å²) in [6.07, 6.45) is -0.338. The van der Waals surface area contributed by atoms with Crippen LogP contribution < -0.4 is 5.32 Å². The average Bonchev–Trinajstić information content (AvgIpc) is 3.08. The van der Waals surface area contributed by atoms with E-state index in [4.69, 9.17) is 16.3 Å². The number of anilines is 1. The van der Waals surface area contributed by atoms with Crippen LogP contribution in [-0.2, 0) is 14.8 Å². The van der Waals surface area contributed by atoms with Crippen LogP contribution in [0.1, 0.15) is 24.2 Å². The highest BCUT2D eigenvalue weighted by Crippen LogP contribution is 2.29. The number of nitrogens with one attached hydrogen (secondary N) is 1. The molecule has 2 atom stereocenters. The normalized spacial score (nSPS) is 20.4. The lowest BCUT2D eigenvalue weighted by Crippen LogP contribution is -2.48. The van der Waals surface area contributed by atoms with Crippen LogP contribution in [-0.4, -0.2) is 48.9 Å². The summed E-state index contributed by atoms with van der Waals surface area (Å²) >= 11 is 7.30.